The molecule has 0 bridgehead atoms. The molecule has 2 heterocycles. The van der Waals surface area contributed by atoms with E-state index >= 15 is 0 Å². The van der Waals surface area contributed by atoms with E-state index in [2.05, 4.69) is 21.9 Å². The van der Waals surface area contributed by atoms with Gasteiger partial charge in [-0.2, -0.15) is 5.10 Å². The van der Waals surface area contributed by atoms with Crippen LogP contribution in [-0.4, -0.2) is 63.2 Å². The molecule has 94 valence electrons. The predicted molar refractivity (Wildman–Crippen MR) is 63.3 cm³/mol. The van der Waals surface area contributed by atoms with Crippen LogP contribution in [0, 0.1) is 0 Å². The summed E-state index contributed by atoms with van der Waals surface area (Å²) in [5, 5.41) is 3.94. The monoisotopic (exact) mass is 237 g/mol. The lowest BCUT2D eigenvalue weighted by atomic mass is 10.3. The topological polar surface area (TPSA) is 54.3 Å². The average molecular weight is 237 g/mol. The second-order valence-corrected chi connectivity index (χ2v) is 4.32. The highest BCUT2D eigenvalue weighted by molar-refractivity contribution is 5.75. The molecule has 0 atom stereocenters. The number of hydrogen-bond acceptors (Lipinski definition) is 4. The first-order valence-electron chi connectivity index (χ1n) is 6.12. The molecule has 0 aromatic carbocycles. The number of amides is 1. The van der Waals surface area contributed by atoms with Crippen molar-refractivity contribution in [3.8, 4) is 0 Å². The second kappa shape index (κ2) is 5.77. The zero-order valence-corrected chi connectivity index (χ0v) is 10.2. The minimum absolute atomic E-state index is 0.131. The first-order valence-corrected chi connectivity index (χ1v) is 6.12. The summed E-state index contributed by atoms with van der Waals surface area (Å²) in [6.45, 7) is 7.23. The van der Waals surface area contributed by atoms with Crippen molar-refractivity contribution in [3.05, 3.63) is 12.7 Å². The van der Waals surface area contributed by atoms with Crippen LogP contribution in [0.3, 0.4) is 0 Å². The normalized spacial score (nSPS) is 17.4. The fourth-order valence-electron chi connectivity index (χ4n) is 2.09. The minimum Gasteiger partial charge on any atom is -0.339 e. The summed E-state index contributed by atoms with van der Waals surface area (Å²) in [5.41, 5.74) is 0. The quantitative estimate of drug-likeness (QED) is 0.730. The van der Waals surface area contributed by atoms with Gasteiger partial charge in [0.1, 0.15) is 19.2 Å². The van der Waals surface area contributed by atoms with E-state index in [1.165, 1.54) is 12.7 Å². The third-order valence-electron chi connectivity index (χ3n) is 3.03. The fourth-order valence-corrected chi connectivity index (χ4v) is 2.09. The molecule has 17 heavy (non-hydrogen) atoms. The number of carbonyl (C=O) groups is 1. The van der Waals surface area contributed by atoms with Crippen molar-refractivity contribution in [3.63, 3.8) is 0 Å². The molecule has 2 rings (SSSR count). The Labute approximate surface area is 101 Å². The van der Waals surface area contributed by atoms with E-state index in [1.807, 2.05) is 4.90 Å². The van der Waals surface area contributed by atoms with Gasteiger partial charge in [-0.05, 0) is 13.0 Å². The molecule has 1 saturated heterocycles. The predicted octanol–water partition coefficient (Wildman–Crippen LogP) is -0.168. The van der Waals surface area contributed by atoms with Crippen LogP contribution in [0.1, 0.15) is 13.3 Å². The maximum Gasteiger partial charge on any atom is 0.244 e. The van der Waals surface area contributed by atoms with Gasteiger partial charge in [-0.3, -0.25) is 9.69 Å². The molecule has 6 nitrogen and oxygen atoms in total. The maximum absolute atomic E-state index is 11.9. The molecule has 0 radical (unpaired) electrons. The molecule has 1 aromatic rings. The van der Waals surface area contributed by atoms with Gasteiger partial charge in [0.25, 0.3) is 0 Å². The lowest BCUT2D eigenvalue weighted by Crippen LogP contribution is -2.49. The smallest absolute Gasteiger partial charge is 0.244 e. The fraction of sp³-hybridized carbons (Fsp3) is 0.727. The molecule has 1 aliphatic rings. The largest absolute Gasteiger partial charge is 0.339 e. The van der Waals surface area contributed by atoms with Gasteiger partial charge < -0.3 is 4.90 Å². The van der Waals surface area contributed by atoms with Crippen LogP contribution in [0.2, 0.25) is 0 Å². The zero-order valence-electron chi connectivity index (χ0n) is 10.2. The van der Waals surface area contributed by atoms with Crippen molar-refractivity contribution in [1.82, 2.24) is 24.6 Å². The first kappa shape index (κ1) is 12.0. The second-order valence-electron chi connectivity index (χ2n) is 4.32. The SMILES string of the molecule is CCCN1CCN(C(=O)Cn2cncn2)CC1. The molecule has 0 aliphatic carbocycles. The maximum atomic E-state index is 11.9. The first-order chi connectivity index (χ1) is 8.29. The molecule has 0 spiro atoms. The van der Waals surface area contributed by atoms with Crippen LogP contribution in [0.25, 0.3) is 0 Å². The Bertz CT molecular complexity index is 343. The Morgan fingerprint density at radius 2 is 2.06 bits per heavy atom. The van der Waals surface area contributed by atoms with Crippen LogP contribution >= 0.6 is 0 Å². The molecule has 1 amide bonds. The van der Waals surface area contributed by atoms with Crippen molar-refractivity contribution in [1.29, 1.82) is 0 Å². The number of nitrogens with zero attached hydrogens (tertiary/aromatic N) is 5. The Hall–Kier alpha value is -1.43. The molecule has 0 N–H and O–H groups in total. The lowest BCUT2D eigenvalue weighted by Gasteiger charge is -2.34. The zero-order chi connectivity index (χ0) is 12.1. The highest BCUT2D eigenvalue weighted by Crippen LogP contribution is 2.03. The van der Waals surface area contributed by atoms with Crippen molar-refractivity contribution in [2.45, 2.75) is 19.9 Å². The molecule has 0 saturated carbocycles. The summed E-state index contributed by atoms with van der Waals surface area (Å²) < 4.78 is 1.57. The van der Waals surface area contributed by atoms with Gasteiger partial charge >= 0.3 is 0 Å². The van der Waals surface area contributed by atoms with E-state index in [4.69, 9.17) is 0 Å². The molecule has 0 unspecified atom stereocenters. The highest BCUT2D eigenvalue weighted by atomic mass is 16.2. The van der Waals surface area contributed by atoms with Crippen LogP contribution in [-0.2, 0) is 11.3 Å². The highest BCUT2D eigenvalue weighted by Gasteiger charge is 2.20. The van der Waals surface area contributed by atoms with Gasteiger partial charge in [0.05, 0.1) is 0 Å². The molecular formula is C11H19N5O. The standard InChI is InChI=1S/C11H19N5O/c1-2-3-14-4-6-15(7-5-14)11(17)8-16-10-12-9-13-16/h9-10H,2-8H2,1H3. The number of aromatic nitrogens is 3. The Kier molecular flexibility index (Phi) is 4.08. The molecular weight excluding hydrogens is 218 g/mol. The van der Waals surface area contributed by atoms with E-state index in [-0.39, 0.29) is 5.91 Å². The van der Waals surface area contributed by atoms with Crippen LogP contribution < -0.4 is 0 Å². The van der Waals surface area contributed by atoms with E-state index in [9.17, 15) is 4.79 Å². The third-order valence-corrected chi connectivity index (χ3v) is 3.03. The van der Waals surface area contributed by atoms with Gasteiger partial charge in [0.2, 0.25) is 5.91 Å². The summed E-state index contributed by atoms with van der Waals surface area (Å²) in [5.74, 6) is 0.131. The summed E-state index contributed by atoms with van der Waals surface area (Å²) in [6.07, 6.45) is 4.20. The molecule has 1 aromatic heterocycles. The van der Waals surface area contributed by atoms with Crippen molar-refractivity contribution in [2.75, 3.05) is 32.7 Å². The van der Waals surface area contributed by atoms with E-state index in [0.717, 1.165) is 32.7 Å². The molecule has 1 fully saturated rings. The van der Waals surface area contributed by atoms with E-state index in [0.29, 0.717) is 6.54 Å². The average Bonchev–Trinajstić information content (AvgIpc) is 2.83. The van der Waals surface area contributed by atoms with Gasteiger partial charge in [-0.25, -0.2) is 9.67 Å². The van der Waals surface area contributed by atoms with Gasteiger partial charge in [0, 0.05) is 26.2 Å². The van der Waals surface area contributed by atoms with E-state index in [1.54, 1.807) is 11.0 Å². The summed E-state index contributed by atoms with van der Waals surface area (Å²) >= 11 is 0. The van der Waals surface area contributed by atoms with Crippen molar-refractivity contribution < 1.29 is 4.79 Å². The van der Waals surface area contributed by atoms with Crippen LogP contribution in [0.5, 0.6) is 0 Å². The minimum atomic E-state index is 0.131. The summed E-state index contributed by atoms with van der Waals surface area (Å²) in [6, 6.07) is 0. The van der Waals surface area contributed by atoms with Gasteiger partial charge in [0.15, 0.2) is 0 Å². The summed E-state index contributed by atoms with van der Waals surface area (Å²) in [4.78, 5) is 20.1. The van der Waals surface area contributed by atoms with Crippen LogP contribution in [0.15, 0.2) is 12.7 Å². The Morgan fingerprint density at radius 1 is 1.29 bits per heavy atom. The lowest BCUT2D eigenvalue weighted by molar-refractivity contribution is -0.133. The Morgan fingerprint density at radius 3 is 2.65 bits per heavy atom. The number of piperazine rings is 1. The number of carbonyl (C=O) groups excluding carboxylic acids is 1. The number of hydrogen-bond donors (Lipinski definition) is 0. The third kappa shape index (κ3) is 3.26. The van der Waals surface area contributed by atoms with Gasteiger partial charge in [-0.15, -0.1) is 0 Å². The summed E-state index contributed by atoms with van der Waals surface area (Å²) in [7, 11) is 0. The van der Waals surface area contributed by atoms with Crippen molar-refractivity contribution >= 4 is 5.91 Å². The molecule has 1 aliphatic heterocycles. The molecule has 6 heteroatoms. The van der Waals surface area contributed by atoms with Gasteiger partial charge in [-0.1, -0.05) is 6.92 Å². The van der Waals surface area contributed by atoms with Crippen molar-refractivity contribution in [2.24, 2.45) is 0 Å². The Balaban J connectivity index is 1.78. The number of rotatable bonds is 4. The van der Waals surface area contributed by atoms with E-state index < -0.39 is 0 Å². The van der Waals surface area contributed by atoms with Crippen LogP contribution in [0.4, 0.5) is 0 Å².